The van der Waals surface area contributed by atoms with Gasteiger partial charge in [-0.25, -0.2) is 0 Å². The molecule has 1 amide bonds. The molecule has 0 atom stereocenters. The number of rotatable bonds is 5. The van der Waals surface area contributed by atoms with Crippen LogP contribution in [0.5, 0.6) is 0 Å². The number of amides is 1. The Labute approximate surface area is 136 Å². The van der Waals surface area contributed by atoms with Gasteiger partial charge in [0, 0.05) is 18.9 Å². The van der Waals surface area contributed by atoms with Gasteiger partial charge < -0.3 is 9.88 Å². The summed E-state index contributed by atoms with van der Waals surface area (Å²) >= 11 is 0. The second kappa shape index (κ2) is 7.22. The highest BCUT2D eigenvalue weighted by atomic mass is 16.2. The third-order valence-corrected chi connectivity index (χ3v) is 3.84. The topological polar surface area (TPSA) is 64.0 Å². The predicted molar refractivity (Wildman–Crippen MR) is 91.8 cm³/mol. The Morgan fingerprint density at radius 3 is 2.65 bits per heavy atom. The molecule has 0 spiro atoms. The molecular weight excluding hydrogens is 290 g/mol. The van der Waals surface area contributed by atoms with Gasteiger partial charge in [-0.05, 0) is 49.4 Å². The van der Waals surface area contributed by atoms with Crippen LogP contribution in [0.3, 0.4) is 0 Å². The minimum absolute atomic E-state index is 0.194. The van der Waals surface area contributed by atoms with E-state index in [9.17, 15) is 9.59 Å². The van der Waals surface area contributed by atoms with Crippen molar-refractivity contribution in [1.82, 2.24) is 9.55 Å². The molecule has 23 heavy (non-hydrogen) atoms. The van der Waals surface area contributed by atoms with Crippen LogP contribution < -0.4 is 10.9 Å². The van der Waals surface area contributed by atoms with Crippen molar-refractivity contribution in [2.45, 2.75) is 40.7 Å². The molecule has 0 aliphatic rings. The standard InChI is InChI=1S/C18H23N3O2/c1-12(2)6-9-21-10-7-14(4)16(18(21)23)17(22)20-15-11-19-8-5-13(15)3/h5,7-8,10-12H,6,9H2,1-4H3,(H,20,22). The van der Waals surface area contributed by atoms with Crippen molar-refractivity contribution in [3.05, 3.63) is 57.8 Å². The molecule has 0 aliphatic heterocycles. The van der Waals surface area contributed by atoms with Gasteiger partial charge in [-0.3, -0.25) is 14.6 Å². The number of pyridine rings is 2. The number of nitrogens with one attached hydrogen (secondary N) is 1. The first-order valence-corrected chi connectivity index (χ1v) is 7.82. The summed E-state index contributed by atoms with van der Waals surface area (Å²) < 4.78 is 1.61. The summed E-state index contributed by atoms with van der Waals surface area (Å²) in [4.78, 5) is 29.2. The first-order valence-electron chi connectivity index (χ1n) is 7.82. The van der Waals surface area contributed by atoms with E-state index in [0.29, 0.717) is 23.7 Å². The number of carbonyl (C=O) groups excluding carboxylic acids is 1. The van der Waals surface area contributed by atoms with E-state index in [0.717, 1.165) is 12.0 Å². The molecule has 0 aliphatic carbocycles. The van der Waals surface area contributed by atoms with Crippen molar-refractivity contribution in [2.75, 3.05) is 5.32 Å². The molecule has 2 heterocycles. The van der Waals surface area contributed by atoms with E-state index in [1.807, 2.05) is 19.1 Å². The summed E-state index contributed by atoms with van der Waals surface area (Å²) in [6.07, 6.45) is 5.90. The monoisotopic (exact) mass is 313 g/mol. The van der Waals surface area contributed by atoms with Crippen molar-refractivity contribution in [3.63, 3.8) is 0 Å². The first kappa shape index (κ1) is 16.9. The first-order chi connectivity index (χ1) is 10.9. The maximum absolute atomic E-state index is 12.6. The Morgan fingerprint density at radius 2 is 2.00 bits per heavy atom. The van der Waals surface area contributed by atoms with Gasteiger partial charge in [0.25, 0.3) is 11.5 Å². The van der Waals surface area contributed by atoms with Crippen LogP contribution >= 0.6 is 0 Å². The van der Waals surface area contributed by atoms with E-state index in [1.54, 1.807) is 30.1 Å². The van der Waals surface area contributed by atoms with E-state index in [2.05, 4.69) is 24.1 Å². The molecule has 0 saturated heterocycles. The van der Waals surface area contributed by atoms with E-state index < -0.39 is 0 Å². The third-order valence-electron chi connectivity index (χ3n) is 3.84. The smallest absolute Gasteiger partial charge is 0.263 e. The number of anilines is 1. The van der Waals surface area contributed by atoms with Gasteiger partial charge in [-0.2, -0.15) is 0 Å². The molecule has 0 fully saturated rings. The minimum atomic E-state index is -0.387. The maximum Gasteiger partial charge on any atom is 0.263 e. The second-order valence-corrected chi connectivity index (χ2v) is 6.20. The average molecular weight is 313 g/mol. The summed E-state index contributed by atoms with van der Waals surface area (Å²) in [6.45, 7) is 8.49. The fourth-order valence-corrected chi connectivity index (χ4v) is 2.29. The summed E-state index contributed by atoms with van der Waals surface area (Å²) in [5.41, 5.74) is 2.15. The number of aryl methyl sites for hydroxylation is 3. The lowest BCUT2D eigenvalue weighted by Crippen LogP contribution is -2.30. The van der Waals surface area contributed by atoms with Gasteiger partial charge in [0.1, 0.15) is 5.56 Å². The fraction of sp³-hybridized carbons (Fsp3) is 0.389. The Kier molecular flexibility index (Phi) is 5.32. The maximum atomic E-state index is 12.6. The van der Waals surface area contributed by atoms with Crippen LogP contribution in [0.1, 0.15) is 41.8 Å². The van der Waals surface area contributed by atoms with E-state index >= 15 is 0 Å². The number of carbonyl (C=O) groups is 1. The third kappa shape index (κ3) is 4.06. The van der Waals surface area contributed by atoms with Gasteiger partial charge in [0.2, 0.25) is 0 Å². The molecule has 0 saturated carbocycles. The molecule has 122 valence electrons. The van der Waals surface area contributed by atoms with Crippen LogP contribution in [0.4, 0.5) is 5.69 Å². The van der Waals surface area contributed by atoms with Gasteiger partial charge >= 0.3 is 0 Å². The van der Waals surface area contributed by atoms with Gasteiger partial charge in [-0.15, -0.1) is 0 Å². The molecular formula is C18H23N3O2. The molecule has 2 aromatic heterocycles. The van der Waals surface area contributed by atoms with Crippen LogP contribution in [-0.2, 0) is 6.54 Å². The zero-order valence-electron chi connectivity index (χ0n) is 14.1. The summed E-state index contributed by atoms with van der Waals surface area (Å²) in [6, 6.07) is 3.63. The number of hydrogen-bond donors (Lipinski definition) is 1. The lowest BCUT2D eigenvalue weighted by molar-refractivity contribution is 0.102. The average Bonchev–Trinajstić information content (AvgIpc) is 2.48. The predicted octanol–water partition coefficient (Wildman–Crippen LogP) is 3.16. The second-order valence-electron chi connectivity index (χ2n) is 6.20. The molecule has 2 rings (SSSR count). The minimum Gasteiger partial charge on any atom is -0.320 e. The zero-order chi connectivity index (χ0) is 17.0. The van der Waals surface area contributed by atoms with E-state index in [-0.39, 0.29) is 17.0 Å². The van der Waals surface area contributed by atoms with Gasteiger partial charge in [0.15, 0.2) is 0 Å². The summed E-state index contributed by atoms with van der Waals surface area (Å²) in [5, 5.41) is 2.79. The molecule has 0 aromatic carbocycles. The van der Waals surface area contributed by atoms with Gasteiger partial charge in [-0.1, -0.05) is 13.8 Å². The van der Waals surface area contributed by atoms with Gasteiger partial charge in [0.05, 0.1) is 11.9 Å². The van der Waals surface area contributed by atoms with Crippen LogP contribution in [0, 0.1) is 19.8 Å². The quantitative estimate of drug-likeness (QED) is 0.922. The van der Waals surface area contributed by atoms with Crippen molar-refractivity contribution in [2.24, 2.45) is 5.92 Å². The lowest BCUT2D eigenvalue weighted by atomic mass is 10.1. The van der Waals surface area contributed by atoms with Crippen molar-refractivity contribution in [1.29, 1.82) is 0 Å². The largest absolute Gasteiger partial charge is 0.320 e. The van der Waals surface area contributed by atoms with E-state index in [4.69, 9.17) is 0 Å². The Morgan fingerprint density at radius 1 is 1.26 bits per heavy atom. The van der Waals surface area contributed by atoms with Crippen molar-refractivity contribution in [3.8, 4) is 0 Å². The number of aromatic nitrogens is 2. The Hall–Kier alpha value is -2.43. The van der Waals surface area contributed by atoms with Crippen molar-refractivity contribution < 1.29 is 4.79 Å². The Bertz CT molecular complexity index is 763. The molecule has 5 heteroatoms. The highest BCUT2D eigenvalue weighted by molar-refractivity contribution is 6.05. The summed E-state index contributed by atoms with van der Waals surface area (Å²) in [7, 11) is 0. The molecule has 2 aromatic rings. The van der Waals surface area contributed by atoms with E-state index in [1.165, 1.54) is 0 Å². The zero-order valence-corrected chi connectivity index (χ0v) is 14.1. The lowest BCUT2D eigenvalue weighted by Gasteiger charge is -2.13. The molecule has 1 N–H and O–H groups in total. The SMILES string of the molecule is Cc1ccncc1NC(=O)c1c(C)ccn(CCC(C)C)c1=O. The molecule has 0 radical (unpaired) electrons. The summed E-state index contributed by atoms with van der Waals surface area (Å²) in [5.74, 6) is 0.112. The van der Waals surface area contributed by atoms with Crippen molar-refractivity contribution >= 4 is 11.6 Å². The number of hydrogen-bond acceptors (Lipinski definition) is 3. The van der Waals surface area contributed by atoms with Crippen LogP contribution in [0.15, 0.2) is 35.5 Å². The highest BCUT2D eigenvalue weighted by Gasteiger charge is 2.16. The van der Waals surface area contributed by atoms with Crippen LogP contribution in [-0.4, -0.2) is 15.5 Å². The normalized spacial score (nSPS) is 10.8. The fourth-order valence-electron chi connectivity index (χ4n) is 2.29. The van der Waals surface area contributed by atoms with Crippen LogP contribution in [0.25, 0.3) is 0 Å². The number of nitrogens with zero attached hydrogens (tertiary/aromatic N) is 2. The van der Waals surface area contributed by atoms with Crippen LogP contribution in [0.2, 0.25) is 0 Å². The highest BCUT2D eigenvalue weighted by Crippen LogP contribution is 2.13. The molecule has 0 unspecified atom stereocenters. The molecule has 5 nitrogen and oxygen atoms in total. The molecule has 0 bridgehead atoms. The Balaban J connectivity index is 2.31.